The zero-order valence-electron chi connectivity index (χ0n) is 10.8. The summed E-state index contributed by atoms with van der Waals surface area (Å²) in [7, 11) is 0. The summed E-state index contributed by atoms with van der Waals surface area (Å²) in [5.41, 5.74) is 1.85. The first kappa shape index (κ1) is 13.8. The molecule has 0 aliphatic rings. The normalized spacial score (nSPS) is 11.1. The average molecular weight is 360 g/mol. The summed E-state index contributed by atoms with van der Waals surface area (Å²) in [6, 6.07) is 11.5. The molecule has 21 heavy (non-hydrogen) atoms. The Morgan fingerprint density at radius 2 is 1.95 bits per heavy atom. The molecule has 0 atom stereocenters. The molecule has 0 aliphatic heterocycles. The fourth-order valence-corrected chi connectivity index (χ4v) is 2.43. The van der Waals surface area contributed by atoms with E-state index in [1.54, 1.807) is 23.3 Å². The molecule has 3 rings (SSSR count). The van der Waals surface area contributed by atoms with Crippen LogP contribution in [0.1, 0.15) is 5.56 Å². The van der Waals surface area contributed by atoms with E-state index < -0.39 is 0 Å². The Balaban J connectivity index is 2.05. The lowest BCUT2D eigenvalue weighted by Crippen LogP contribution is -1.95. The molecule has 0 saturated heterocycles. The first-order chi connectivity index (χ1) is 10.3. The maximum absolute atomic E-state index is 5.24. The van der Waals surface area contributed by atoms with Crippen LogP contribution in [-0.2, 0) is 0 Å². The Hall–Kier alpha value is -2.12. The summed E-state index contributed by atoms with van der Waals surface area (Å²) in [4.78, 5) is 3.97. The molecule has 5 nitrogen and oxygen atoms in total. The van der Waals surface area contributed by atoms with Crippen LogP contribution in [0.25, 0.3) is 11.4 Å². The lowest BCUT2D eigenvalue weighted by Gasteiger charge is -2.03. The minimum Gasteiger partial charge on any atom is -0.265 e. The van der Waals surface area contributed by atoms with E-state index in [2.05, 4.69) is 36.2 Å². The van der Waals surface area contributed by atoms with Crippen molar-refractivity contribution in [3.05, 3.63) is 63.6 Å². The summed E-state index contributed by atoms with van der Waals surface area (Å²) in [6.45, 7) is 0. The van der Waals surface area contributed by atoms with Gasteiger partial charge in [0.2, 0.25) is 4.77 Å². The van der Waals surface area contributed by atoms with Gasteiger partial charge in [0.25, 0.3) is 0 Å². The number of hydrogen-bond acceptors (Lipinski definition) is 4. The molecule has 0 bridgehead atoms. The number of H-pyrrole nitrogens is 1. The van der Waals surface area contributed by atoms with Crippen molar-refractivity contribution in [2.45, 2.75) is 0 Å². The van der Waals surface area contributed by atoms with E-state index in [4.69, 9.17) is 12.2 Å². The van der Waals surface area contributed by atoms with Crippen molar-refractivity contribution < 1.29 is 0 Å². The highest BCUT2D eigenvalue weighted by molar-refractivity contribution is 9.10. The highest BCUT2D eigenvalue weighted by Crippen LogP contribution is 2.26. The van der Waals surface area contributed by atoms with Crippen LogP contribution in [0.2, 0.25) is 0 Å². The van der Waals surface area contributed by atoms with E-state index in [0.29, 0.717) is 10.6 Å². The molecule has 1 N–H and O–H groups in total. The summed E-state index contributed by atoms with van der Waals surface area (Å²) in [5, 5.41) is 11.4. The molecule has 0 radical (unpaired) electrons. The molecular formula is C14H10BrN5S. The van der Waals surface area contributed by atoms with Gasteiger partial charge in [-0.25, -0.2) is 5.10 Å². The van der Waals surface area contributed by atoms with Gasteiger partial charge in [-0.05, 0) is 42.0 Å². The van der Waals surface area contributed by atoms with E-state index in [-0.39, 0.29) is 0 Å². The highest BCUT2D eigenvalue weighted by atomic mass is 79.9. The second kappa shape index (κ2) is 6.11. The second-order valence-corrected chi connectivity index (χ2v) is 5.41. The van der Waals surface area contributed by atoms with Crippen LogP contribution in [0.5, 0.6) is 0 Å². The largest absolute Gasteiger partial charge is 0.265 e. The van der Waals surface area contributed by atoms with Crippen LogP contribution in [0.4, 0.5) is 0 Å². The number of nitrogens with zero attached hydrogens (tertiary/aromatic N) is 4. The third-order valence-electron chi connectivity index (χ3n) is 2.79. The zero-order chi connectivity index (χ0) is 14.7. The molecule has 2 aromatic heterocycles. The van der Waals surface area contributed by atoms with Gasteiger partial charge < -0.3 is 0 Å². The van der Waals surface area contributed by atoms with Crippen LogP contribution in [0, 0.1) is 4.77 Å². The van der Waals surface area contributed by atoms with Crippen LogP contribution in [0.3, 0.4) is 0 Å². The van der Waals surface area contributed by atoms with Crippen LogP contribution in [0.15, 0.2) is 58.4 Å². The smallest absolute Gasteiger partial charge is 0.216 e. The van der Waals surface area contributed by atoms with Gasteiger partial charge >= 0.3 is 0 Å². The molecule has 7 heteroatoms. The van der Waals surface area contributed by atoms with E-state index in [1.165, 1.54) is 0 Å². The molecule has 0 unspecified atom stereocenters. The van der Waals surface area contributed by atoms with Crippen molar-refractivity contribution in [3.8, 4) is 11.4 Å². The van der Waals surface area contributed by atoms with Crippen LogP contribution in [-0.4, -0.2) is 26.1 Å². The summed E-state index contributed by atoms with van der Waals surface area (Å²) in [5.74, 6) is 0.651. The first-order valence-electron chi connectivity index (χ1n) is 6.12. The van der Waals surface area contributed by atoms with Gasteiger partial charge in [0.15, 0.2) is 5.82 Å². The van der Waals surface area contributed by atoms with Gasteiger partial charge in [-0.3, -0.25) is 4.98 Å². The Labute approximate surface area is 134 Å². The quantitative estimate of drug-likeness (QED) is 0.573. The molecule has 104 valence electrons. The molecule has 1 aromatic carbocycles. The van der Waals surface area contributed by atoms with Gasteiger partial charge in [-0.1, -0.05) is 28.1 Å². The van der Waals surface area contributed by atoms with Crippen molar-refractivity contribution in [1.82, 2.24) is 19.9 Å². The molecule has 0 amide bonds. The van der Waals surface area contributed by atoms with Crippen molar-refractivity contribution in [3.63, 3.8) is 0 Å². The Morgan fingerprint density at radius 3 is 2.71 bits per heavy atom. The maximum atomic E-state index is 5.24. The fourth-order valence-electron chi connectivity index (χ4n) is 1.79. The number of pyridine rings is 1. The summed E-state index contributed by atoms with van der Waals surface area (Å²) >= 11 is 8.75. The lowest BCUT2D eigenvalue weighted by molar-refractivity contribution is 0.871. The topological polar surface area (TPSA) is 58.9 Å². The molecule has 0 saturated carbocycles. The molecular weight excluding hydrogens is 350 g/mol. The summed E-state index contributed by atoms with van der Waals surface area (Å²) < 4.78 is 2.96. The van der Waals surface area contributed by atoms with E-state index in [0.717, 1.165) is 15.6 Å². The standard InChI is InChI=1S/C14H10BrN5S/c15-12-4-2-1-3-11(12)13-18-19-14(21)20(13)17-9-10-5-7-16-8-6-10/h1-9H,(H,19,21). The average Bonchev–Trinajstić information content (AvgIpc) is 2.88. The number of halogens is 1. The van der Waals surface area contributed by atoms with Crippen molar-refractivity contribution >= 4 is 34.4 Å². The SMILES string of the molecule is S=c1[nH]nc(-c2ccccc2Br)n1N=Cc1ccncc1. The maximum Gasteiger partial charge on any atom is 0.216 e. The number of aromatic amines is 1. The number of aromatic nitrogens is 4. The third kappa shape index (κ3) is 2.98. The number of nitrogens with one attached hydrogen (secondary N) is 1. The zero-order valence-corrected chi connectivity index (χ0v) is 13.2. The molecule has 0 fully saturated rings. The van der Waals surface area contributed by atoms with E-state index in [1.807, 2.05) is 36.4 Å². The predicted octanol–water partition coefficient (Wildman–Crippen LogP) is 3.65. The van der Waals surface area contributed by atoms with Gasteiger partial charge in [0.05, 0.1) is 6.21 Å². The highest BCUT2D eigenvalue weighted by Gasteiger charge is 2.10. The van der Waals surface area contributed by atoms with Crippen molar-refractivity contribution in [1.29, 1.82) is 0 Å². The molecule has 2 heterocycles. The Kier molecular flexibility index (Phi) is 4.03. The van der Waals surface area contributed by atoms with Crippen LogP contribution < -0.4 is 0 Å². The predicted molar refractivity (Wildman–Crippen MR) is 87.8 cm³/mol. The Morgan fingerprint density at radius 1 is 1.19 bits per heavy atom. The Bertz CT molecular complexity index is 838. The summed E-state index contributed by atoms with van der Waals surface area (Å²) in [6.07, 6.45) is 5.14. The molecule has 3 aromatic rings. The van der Waals surface area contributed by atoms with Crippen molar-refractivity contribution in [2.24, 2.45) is 5.10 Å². The molecule has 0 spiro atoms. The van der Waals surface area contributed by atoms with Gasteiger partial charge in [0, 0.05) is 22.4 Å². The lowest BCUT2D eigenvalue weighted by atomic mass is 10.2. The van der Waals surface area contributed by atoms with Gasteiger partial charge in [0.1, 0.15) is 0 Å². The first-order valence-corrected chi connectivity index (χ1v) is 7.32. The van der Waals surface area contributed by atoms with Crippen LogP contribution >= 0.6 is 28.1 Å². The van der Waals surface area contributed by atoms with E-state index in [9.17, 15) is 0 Å². The third-order valence-corrected chi connectivity index (χ3v) is 3.75. The minimum absolute atomic E-state index is 0.436. The minimum atomic E-state index is 0.436. The molecule has 0 aliphatic carbocycles. The fraction of sp³-hybridized carbons (Fsp3) is 0. The number of hydrogen-bond donors (Lipinski definition) is 1. The number of rotatable bonds is 3. The number of benzene rings is 1. The van der Waals surface area contributed by atoms with Crippen molar-refractivity contribution in [2.75, 3.05) is 0 Å². The van der Waals surface area contributed by atoms with Gasteiger partial charge in [-0.15, -0.1) is 0 Å². The second-order valence-electron chi connectivity index (χ2n) is 4.17. The van der Waals surface area contributed by atoms with Gasteiger partial charge in [-0.2, -0.15) is 14.9 Å². The van der Waals surface area contributed by atoms with E-state index >= 15 is 0 Å². The monoisotopic (exact) mass is 359 g/mol.